The summed E-state index contributed by atoms with van der Waals surface area (Å²) in [6.45, 7) is -0.491. The zero-order valence-electron chi connectivity index (χ0n) is 15.8. The average molecular weight is 412 g/mol. The van der Waals surface area contributed by atoms with Crippen molar-refractivity contribution in [3.8, 4) is 5.75 Å². The summed E-state index contributed by atoms with van der Waals surface area (Å²) >= 11 is 0. The predicted molar refractivity (Wildman–Crippen MR) is 101 cm³/mol. The summed E-state index contributed by atoms with van der Waals surface area (Å²) in [7, 11) is -1.97. The van der Waals surface area contributed by atoms with Crippen molar-refractivity contribution in [2.45, 2.75) is 31.3 Å². The quantitative estimate of drug-likeness (QED) is 0.520. The molecule has 154 valence electrons. The third-order valence-corrected chi connectivity index (χ3v) is 4.98. The van der Waals surface area contributed by atoms with Crippen LogP contribution in [0.3, 0.4) is 0 Å². The Morgan fingerprint density at radius 2 is 1.89 bits per heavy atom. The third kappa shape index (κ3) is 7.18. The highest BCUT2D eigenvalue weighted by Crippen LogP contribution is 2.18. The number of esters is 1. The molecule has 0 saturated heterocycles. The van der Waals surface area contributed by atoms with Gasteiger partial charge in [-0.25, -0.2) is 13.2 Å². The molecule has 0 heterocycles. The second-order valence-corrected chi connectivity index (χ2v) is 8.85. The highest BCUT2D eigenvalue weighted by atomic mass is 32.2. The number of hydrogen-bond donors (Lipinski definition) is 2. The first-order chi connectivity index (χ1) is 13.2. The maximum atomic E-state index is 12.5. The molecule has 1 aromatic carbocycles. The van der Waals surface area contributed by atoms with Gasteiger partial charge in [-0.15, -0.1) is 0 Å². The van der Waals surface area contributed by atoms with E-state index in [1.165, 1.54) is 13.2 Å². The van der Waals surface area contributed by atoms with Gasteiger partial charge in [0.2, 0.25) is 0 Å². The van der Waals surface area contributed by atoms with Crippen molar-refractivity contribution >= 4 is 27.6 Å². The van der Waals surface area contributed by atoms with E-state index in [1.807, 2.05) is 0 Å². The summed E-state index contributed by atoms with van der Waals surface area (Å²) in [5.74, 6) is -1.95. The molecule has 0 bridgehead atoms. The summed E-state index contributed by atoms with van der Waals surface area (Å²) in [5.41, 5.74) is 0.189. The number of ether oxygens (including phenoxy) is 2. The number of sulfone groups is 1. The Bertz CT molecular complexity index is 834. The lowest BCUT2D eigenvalue weighted by Gasteiger charge is -2.18. The molecule has 0 radical (unpaired) electrons. The molecule has 2 amide bonds. The van der Waals surface area contributed by atoms with Crippen molar-refractivity contribution in [3.63, 3.8) is 0 Å². The SMILES string of the molecule is COc1ccccc1C(=O)N[C@@H](CCS(C)(=O)=O)C(=O)OCC(=O)NC1CC1. The smallest absolute Gasteiger partial charge is 0.329 e. The van der Waals surface area contributed by atoms with Crippen molar-refractivity contribution in [2.75, 3.05) is 25.7 Å². The van der Waals surface area contributed by atoms with Crippen LogP contribution in [0.2, 0.25) is 0 Å². The van der Waals surface area contributed by atoms with Gasteiger partial charge in [0.25, 0.3) is 11.8 Å². The van der Waals surface area contributed by atoms with Gasteiger partial charge in [0.1, 0.15) is 21.6 Å². The van der Waals surface area contributed by atoms with Gasteiger partial charge in [-0.1, -0.05) is 12.1 Å². The molecular weight excluding hydrogens is 388 g/mol. The maximum Gasteiger partial charge on any atom is 0.329 e. The molecule has 1 aromatic rings. The second-order valence-electron chi connectivity index (χ2n) is 6.59. The molecule has 28 heavy (non-hydrogen) atoms. The monoisotopic (exact) mass is 412 g/mol. The molecule has 0 unspecified atom stereocenters. The van der Waals surface area contributed by atoms with Gasteiger partial charge in [0, 0.05) is 12.3 Å². The lowest BCUT2D eigenvalue weighted by molar-refractivity contribution is -0.150. The van der Waals surface area contributed by atoms with Gasteiger partial charge >= 0.3 is 5.97 Å². The van der Waals surface area contributed by atoms with Gasteiger partial charge in [0.05, 0.1) is 18.4 Å². The number of benzene rings is 1. The second kappa shape index (κ2) is 9.54. The number of carbonyl (C=O) groups is 3. The van der Waals surface area contributed by atoms with Crippen LogP contribution in [0.4, 0.5) is 0 Å². The molecule has 0 spiro atoms. The van der Waals surface area contributed by atoms with Crippen LogP contribution in [0, 0.1) is 0 Å². The van der Waals surface area contributed by atoms with Gasteiger partial charge in [-0.3, -0.25) is 9.59 Å². The van der Waals surface area contributed by atoms with Crippen LogP contribution in [-0.4, -0.2) is 64.0 Å². The van der Waals surface area contributed by atoms with E-state index in [0.29, 0.717) is 5.75 Å². The van der Waals surface area contributed by atoms with E-state index >= 15 is 0 Å². The zero-order chi connectivity index (χ0) is 20.7. The van der Waals surface area contributed by atoms with Gasteiger partial charge in [-0.05, 0) is 31.4 Å². The molecule has 1 aliphatic rings. The minimum Gasteiger partial charge on any atom is -0.496 e. The van der Waals surface area contributed by atoms with Crippen molar-refractivity contribution in [1.29, 1.82) is 0 Å². The first kappa shape index (κ1) is 21.7. The summed E-state index contributed by atoms with van der Waals surface area (Å²) in [4.78, 5) is 36.5. The van der Waals surface area contributed by atoms with E-state index in [2.05, 4.69) is 10.6 Å². The Labute approximate surface area is 163 Å². The fourth-order valence-electron chi connectivity index (χ4n) is 2.38. The minimum atomic E-state index is -3.37. The molecule has 1 fully saturated rings. The molecule has 10 heteroatoms. The number of rotatable bonds is 10. The van der Waals surface area contributed by atoms with Crippen molar-refractivity contribution < 1.29 is 32.3 Å². The van der Waals surface area contributed by atoms with Gasteiger partial charge < -0.3 is 20.1 Å². The Hall–Kier alpha value is -2.62. The molecule has 1 atom stereocenters. The van der Waals surface area contributed by atoms with Crippen molar-refractivity contribution in [2.24, 2.45) is 0 Å². The van der Waals surface area contributed by atoms with Crippen LogP contribution in [0.5, 0.6) is 5.75 Å². The number of carbonyl (C=O) groups excluding carboxylic acids is 3. The van der Waals surface area contributed by atoms with Gasteiger partial charge in [0.15, 0.2) is 6.61 Å². The average Bonchev–Trinajstić information content (AvgIpc) is 3.46. The third-order valence-electron chi connectivity index (χ3n) is 4.01. The summed E-state index contributed by atoms with van der Waals surface area (Å²) in [5, 5.41) is 5.14. The zero-order valence-corrected chi connectivity index (χ0v) is 16.6. The molecule has 0 aromatic heterocycles. The highest BCUT2D eigenvalue weighted by Gasteiger charge is 2.27. The molecule has 1 aliphatic carbocycles. The van der Waals surface area contributed by atoms with Crippen LogP contribution < -0.4 is 15.4 Å². The van der Waals surface area contributed by atoms with Crippen LogP contribution in [0.1, 0.15) is 29.6 Å². The topological polar surface area (TPSA) is 128 Å². The van der Waals surface area contributed by atoms with Crippen LogP contribution >= 0.6 is 0 Å². The Morgan fingerprint density at radius 3 is 2.50 bits per heavy atom. The standard InChI is InChI=1S/C18H24N2O7S/c1-26-15-6-4-3-5-13(15)17(22)20-14(9-10-28(2,24)25)18(23)27-11-16(21)19-12-7-8-12/h3-6,12,14H,7-11H2,1-2H3,(H,19,21)(H,20,22)/t14-/m0/s1. The Kier molecular flexibility index (Phi) is 7.38. The summed E-state index contributed by atoms with van der Waals surface area (Å²) < 4.78 is 33.0. The van der Waals surface area contributed by atoms with Crippen LogP contribution in [-0.2, 0) is 24.2 Å². The fourth-order valence-corrected chi connectivity index (χ4v) is 3.05. The Morgan fingerprint density at radius 1 is 1.21 bits per heavy atom. The number of para-hydroxylation sites is 1. The molecular formula is C18H24N2O7S. The summed E-state index contributed by atoms with van der Waals surface area (Å²) in [6.07, 6.45) is 2.64. The van der Waals surface area contributed by atoms with E-state index in [1.54, 1.807) is 18.2 Å². The fraction of sp³-hybridized carbons (Fsp3) is 0.500. The molecule has 9 nitrogen and oxygen atoms in total. The summed E-state index contributed by atoms with van der Waals surface area (Å²) in [6, 6.07) is 5.31. The molecule has 2 rings (SSSR count). The van der Waals surface area contributed by atoms with Crippen LogP contribution in [0.15, 0.2) is 24.3 Å². The lowest BCUT2D eigenvalue weighted by atomic mass is 10.1. The minimum absolute atomic E-state index is 0.123. The van der Waals surface area contributed by atoms with Crippen molar-refractivity contribution in [1.82, 2.24) is 10.6 Å². The van der Waals surface area contributed by atoms with Gasteiger partial charge in [-0.2, -0.15) is 0 Å². The highest BCUT2D eigenvalue weighted by molar-refractivity contribution is 7.90. The molecule has 1 saturated carbocycles. The largest absolute Gasteiger partial charge is 0.496 e. The number of hydrogen-bond acceptors (Lipinski definition) is 7. The lowest BCUT2D eigenvalue weighted by Crippen LogP contribution is -2.44. The normalized spacial score (nSPS) is 14.6. The van der Waals surface area contributed by atoms with E-state index in [0.717, 1.165) is 19.1 Å². The van der Waals surface area contributed by atoms with E-state index in [4.69, 9.17) is 9.47 Å². The van der Waals surface area contributed by atoms with Crippen LogP contribution in [0.25, 0.3) is 0 Å². The van der Waals surface area contributed by atoms with E-state index in [-0.39, 0.29) is 23.8 Å². The maximum absolute atomic E-state index is 12.5. The Balaban J connectivity index is 2.03. The van der Waals surface area contributed by atoms with E-state index in [9.17, 15) is 22.8 Å². The number of methoxy groups -OCH3 is 1. The predicted octanol–water partition coefficient (Wildman–Crippen LogP) is 0.0501. The first-order valence-corrected chi connectivity index (χ1v) is 10.8. The number of nitrogens with one attached hydrogen (secondary N) is 2. The first-order valence-electron chi connectivity index (χ1n) is 8.77. The number of amides is 2. The van der Waals surface area contributed by atoms with E-state index < -0.39 is 40.3 Å². The molecule has 0 aliphatic heterocycles. The molecule has 2 N–H and O–H groups in total. The van der Waals surface area contributed by atoms with Crippen molar-refractivity contribution in [3.05, 3.63) is 29.8 Å².